The van der Waals surface area contributed by atoms with Gasteiger partial charge < -0.3 is 15.7 Å². The van der Waals surface area contributed by atoms with Gasteiger partial charge in [0.05, 0.1) is 11.3 Å². The Kier molecular flexibility index (Phi) is 3.83. The maximum atomic E-state index is 11.3. The number of nitro groups is 1. The van der Waals surface area contributed by atoms with Gasteiger partial charge in [-0.15, -0.1) is 0 Å². The second-order valence-corrected chi connectivity index (χ2v) is 4.43. The van der Waals surface area contributed by atoms with Crippen molar-refractivity contribution in [3.8, 4) is 0 Å². The van der Waals surface area contributed by atoms with Crippen LogP contribution in [0.15, 0.2) is 12.1 Å². The maximum Gasteiger partial charge on any atom is 0.303 e. The second kappa shape index (κ2) is 5.55. The van der Waals surface area contributed by atoms with Gasteiger partial charge in [-0.2, -0.15) is 0 Å². The molecule has 0 bridgehead atoms. The van der Waals surface area contributed by atoms with Gasteiger partial charge in [0.25, 0.3) is 5.69 Å². The highest BCUT2D eigenvalue weighted by Gasteiger charge is 2.24. The zero-order chi connectivity index (χ0) is 14.7. The number of hydrogen-bond donors (Lipinski definition) is 3. The first kappa shape index (κ1) is 13.8. The molecule has 1 aliphatic rings. The van der Waals surface area contributed by atoms with Gasteiger partial charge in [0, 0.05) is 24.7 Å². The number of nitro benzene ring substituents is 1. The number of hydrogen-bond acceptors (Lipinski definition) is 5. The summed E-state index contributed by atoms with van der Waals surface area (Å²) in [7, 11) is 0. The molecule has 0 saturated carbocycles. The first-order valence-electron chi connectivity index (χ1n) is 6.04. The number of nitrogens with one attached hydrogen (secondary N) is 2. The van der Waals surface area contributed by atoms with Crippen LogP contribution in [-0.2, 0) is 16.0 Å². The van der Waals surface area contributed by atoms with Crippen molar-refractivity contribution in [1.29, 1.82) is 0 Å². The molecule has 0 aliphatic carbocycles. The van der Waals surface area contributed by atoms with Crippen LogP contribution in [0, 0.1) is 10.1 Å². The fraction of sp³-hybridized carbons (Fsp3) is 0.333. The van der Waals surface area contributed by atoms with Gasteiger partial charge in [-0.3, -0.25) is 19.7 Å². The van der Waals surface area contributed by atoms with Crippen molar-refractivity contribution in [2.45, 2.75) is 19.3 Å². The standard InChI is InChI=1S/C12H13N3O5/c16-11-5-7-4-10(15(19)20)9(6-8(7)14-11)13-3-1-2-12(17)18/h4,6,13H,1-3,5H2,(H,14,16)(H,17,18). The first-order valence-corrected chi connectivity index (χ1v) is 6.04. The van der Waals surface area contributed by atoms with Crippen LogP contribution in [0.3, 0.4) is 0 Å². The molecule has 2 rings (SSSR count). The number of carboxylic acids is 1. The number of amides is 1. The molecule has 0 unspecified atom stereocenters. The summed E-state index contributed by atoms with van der Waals surface area (Å²) < 4.78 is 0. The van der Waals surface area contributed by atoms with E-state index < -0.39 is 10.9 Å². The number of carbonyl (C=O) groups excluding carboxylic acids is 1. The molecule has 1 amide bonds. The number of aliphatic carboxylic acids is 1. The number of carboxylic acid groups (broad SMARTS) is 1. The van der Waals surface area contributed by atoms with E-state index >= 15 is 0 Å². The van der Waals surface area contributed by atoms with E-state index in [0.29, 0.717) is 24.2 Å². The van der Waals surface area contributed by atoms with Crippen molar-refractivity contribution in [3.05, 3.63) is 27.8 Å². The highest BCUT2D eigenvalue weighted by atomic mass is 16.6. The van der Waals surface area contributed by atoms with Gasteiger partial charge in [0.1, 0.15) is 5.69 Å². The monoisotopic (exact) mass is 279 g/mol. The SMILES string of the molecule is O=C(O)CCCNc1cc2c(cc1[N+](=O)[O-])CC(=O)N2. The van der Waals surface area contributed by atoms with Crippen LogP contribution >= 0.6 is 0 Å². The number of rotatable bonds is 6. The molecule has 3 N–H and O–H groups in total. The summed E-state index contributed by atoms with van der Waals surface area (Å²) >= 11 is 0. The minimum Gasteiger partial charge on any atom is -0.481 e. The van der Waals surface area contributed by atoms with Crippen molar-refractivity contribution < 1.29 is 19.6 Å². The average molecular weight is 279 g/mol. The molecule has 0 radical (unpaired) electrons. The van der Waals surface area contributed by atoms with E-state index in [0.717, 1.165) is 0 Å². The molecule has 0 spiro atoms. The smallest absolute Gasteiger partial charge is 0.303 e. The van der Waals surface area contributed by atoms with E-state index in [1.54, 1.807) is 0 Å². The van der Waals surface area contributed by atoms with Gasteiger partial charge in [-0.05, 0) is 18.1 Å². The number of anilines is 2. The summed E-state index contributed by atoms with van der Waals surface area (Å²) in [6, 6.07) is 2.88. The lowest BCUT2D eigenvalue weighted by atomic mass is 10.1. The normalized spacial score (nSPS) is 12.7. The quantitative estimate of drug-likeness (QED) is 0.410. The molecule has 0 aromatic heterocycles. The van der Waals surface area contributed by atoms with Crippen LogP contribution in [0.4, 0.5) is 17.1 Å². The zero-order valence-electron chi connectivity index (χ0n) is 10.5. The number of carbonyl (C=O) groups is 2. The summed E-state index contributed by atoms with van der Waals surface area (Å²) in [4.78, 5) is 32.1. The lowest BCUT2D eigenvalue weighted by molar-refractivity contribution is -0.384. The average Bonchev–Trinajstić information content (AvgIpc) is 2.72. The fourth-order valence-electron chi connectivity index (χ4n) is 2.02. The predicted octanol–water partition coefficient (Wildman–Crippen LogP) is 1.37. The summed E-state index contributed by atoms with van der Waals surface area (Å²) in [5, 5.41) is 25.0. The molecule has 20 heavy (non-hydrogen) atoms. The van der Waals surface area contributed by atoms with E-state index in [1.165, 1.54) is 12.1 Å². The Morgan fingerprint density at radius 3 is 2.90 bits per heavy atom. The van der Waals surface area contributed by atoms with Crippen LogP contribution in [0.25, 0.3) is 0 Å². The third-order valence-electron chi connectivity index (χ3n) is 2.93. The third-order valence-corrected chi connectivity index (χ3v) is 2.93. The minimum atomic E-state index is -0.914. The van der Waals surface area contributed by atoms with E-state index in [4.69, 9.17) is 5.11 Å². The number of benzene rings is 1. The molecule has 0 atom stereocenters. The molecule has 1 aromatic carbocycles. The van der Waals surface area contributed by atoms with Crippen molar-refractivity contribution in [2.24, 2.45) is 0 Å². The minimum absolute atomic E-state index is 0.0114. The largest absolute Gasteiger partial charge is 0.481 e. The lowest BCUT2D eigenvalue weighted by Crippen LogP contribution is -2.07. The molecule has 0 fully saturated rings. The topological polar surface area (TPSA) is 122 Å². The third kappa shape index (κ3) is 3.02. The Morgan fingerprint density at radius 1 is 1.50 bits per heavy atom. The summed E-state index contributed by atoms with van der Waals surface area (Å²) in [5.41, 5.74) is 1.32. The first-order chi connectivity index (χ1) is 9.47. The molecule has 8 heteroatoms. The summed E-state index contributed by atoms with van der Waals surface area (Å²) in [6.45, 7) is 0.305. The Balaban J connectivity index is 2.14. The highest BCUT2D eigenvalue weighted by molar-refractivity contribution is 6.00. The van der Waals surface area contributed by atoms with Crippen molar-refractivity contribution in [2.75, 3.05) is 17.2 Å². The van der Waals surface area contributed by atoms with Gasteiger partial charge in [-0.25, -0.2) is 0 Å². The van der Waals surface area contributed by atoms with E-state index in [9.17, 15) is 19.7 Å². The Labute approximate surface area is 113 Å². The van der Waals surface area contributed by atoms with E-state index in [2.05, 4.69) is 10.6 Å². The molecule has 106 valence electrons. The lowest BCUT2D eigenvalue weighted by Gasteiger charge is -2.08. The maximum absolute atomic E-state index is 11.3. The van der Waals surface area contributed by atoms with Crippen molar-refractivity contribution >= 4 is 28.9 Å². The molecule has 1 heterocycles. The van der Waals surface area contributed by atoms with Crippen LogP contribution in [-0.4, -0.2) is 28.5 Å². The zero-order valence-corrected chi connectivity index (χ0v) is 10.5. The Bertz CT molecular complexity index is 585. The van der Waals surface area contributed by atoms with Crippen LogP contribution in [0.1, 0.15) is 18.4 Å². The van der Waals surface area contributed by atoms with Gasteiger partial charge in [0.2, 0.25) is 5.91 Å². The van der Waals surface area contributed by atoms with Crippen LogP contribution < -0.4 is 10.6 Å². The molecular weight excluding hydrogens is 266 g/mol. The molecular formula is C12H13N3O5. The molecule has 0 saturated heterocycles. The summed E-state index contributed by atoms with van der Waals surface area (Å²) in [6.07, 6.45) is 0.480. The second-order valence-electron chi connectivity index (χ2n) is 4.43. The Morgan fingerprint density at radius 2 is 2.25 bits per heavy atom. The Hall–Kier alpha value is -2.64. The fourth-order valence-corrected chi connectivity index (χ4v) is 2.02. The highest BCUT2D eigenvalue weighted by Crippen LogP contribution is 2.34. The number of nitrogens with zero attached hydrogens (tertiary/aromatic N) is 1. The van der Waals surface area contributed by atoms with Gasteiger partial charge in [-0.1, -0.05) is 0 Å². The van der Waals surface area contributed by atoms with Crippen molar-refractivity contribution in [3.63, 3.8) is 0 Å². The predicted molar refractivity (Wildman–Crippen MR) is 70.8 cm³/mol. The number of fused-ring (bicyclic) bond motifs is 1. The summed E-state index contributed by atoms with van der Waals surface area (Å²) in [5.74, 6) is -1.11. The van der Waals surface area contributed by atoms with E-state index in [-0.39, 0.29) is 30.1 Å². The van der Waals surface area contributed by atoms with Crippen molar-refractivity contribution in [1.82, 2.24) is 0 Å². The van der Waals surface area contributed by atoms with Crippen LogP contribution in [0.2, 0.25) is 0 Å². The van der Waals surface area contributed by atoms with E-state index in [1.807, 2.05) is 0 Å². The molecule has 1 aliphatic heterocycles. The van der Waals surface area contributed by atoms with Crippen LogP contribution in [0.5, 0.6) is 0 Å². The van der Waals surface area contributed by atoms with Gasteiger partial charge in [0.15, 0.2) is 0 Å². The molecule has 1 aromatic rings. The molecule has 8 nitrogen and oxygen atoms in total. The van der Waals surface area contributed by atoms with Gasteiger partial charge >= 0.3 is 5.97 Å².